The number of methoxy groups -OCH3 is 1. The molecule has 4 heteroatoms. The molecule has 32 heavy (non-hydrogen) atoms. The summed E-state index contributed by atoms with van der Waals surface area (Å²) in [5.74, 6) is 2.05. The van der Waals surface area contributed by atoms with Gasteiger partial charge in [0.05, 0.1) is 18.5 Å². The van der Waals surface area contributed by atoms with Crippen molar-refractivity contribution in [3.05, 3.63) is 82.0 Å². The van der Waals surface area contributed by atoms with Crippen molar-refractivity contribution >= 4 is 16.6 Å². The Labute approximate surface area is 191 Å². The minimum absolute atomic E-state index is 0.769. The zero-order chi connectivity index (χ0) is 23.0. The van der Waals surface area contributed by atoms with Crippen molar-refractivity contribution in [2.45, 2.75) is 40.5 Å². The molecule has 0 aliphatic heterocycles. The summed E-state index contributed by atoms with van der Waals surface area (Å²) in [5, 5.41) is 7.60. The maximum Gasteiger partial charge on any atom is 0.135 e. The molecule has 1 heterocycles. The molecule has 0 fully saturated rings. The van der Waals surface area contributed by atoms with Crippen molar-refractivity contribution in [2.75, 3.05) is 26.1 Å². The summed E-state index contributed by atoms with van der Waals surface area (Å²) in [4.78, 5) is 2.19. The summed E-state index contributed by atoms with van der Waals surface area (Å²) in [6.45, 7) is 8.69. The molecule has 3 aromatic carbocycles. The topological polar surface area (TPSA) is 30.3 Å². The van der Waals surface area contributed by atoms with Gasteiger partial charge in [0.25, 0.3) is 0 Å². The number of aromatic nitrogens is 2. The Bertz CT molecular complexity index is 1260. The van der Waals surface area contributed by atoms with Crippen LogP contribution in [0.5, 0.6) is 5.75 Å². The van der Waals surface area contributed by atoms with Crippen LogP contribution in [0.4, 0.5) is 5.82 Å². The van der Waals surface area contributed by atoms with E-state index in [1.54, 1.807) is 7.11 Å². The van der Waals surface area contributed by atoms with Gasteiger partial charge in [-0.2, -0.15) is 5.10 Å². The number of aryl methyl sites for hydroxylation is 4. The molecule has 0 atom stereocenters. The highest BCUT2D eigenvalue weighted by atomic mass is 16.5. The number of anilines is 1. The lowest BCUT2D eigenvalue weighted by Crippen LogP contribution is -2.17. The van der Waals surface area contributed by atoms with Crippen LogP contribution in [0.2, 0.25) is 0 Å². The first-order valence-electron chi connectivity index (χ1n) is 11.3. The van der Waals surface area contributed by atoms with Crippen LogP contribution >= 0.6 is 0 Å². The maximum absolute atomic E-state index is 5.80. The van der Waals surface area contributed by atoms with Crippen LogP contribution in [0.15, 0.2) is 48.5 Å². The Balaban J connectivity index is 1.97. The fraction of sp³-hybridized carbons (Fsp3) is 0.321. The Morgan fingerprint density at radius 1 is 0.938 bits per heavy atom. The van der Waals surface area contributed by atoms with Crippen LogP contribution in [0.25, 0.3) is 16.5 Å². The van der Waals surface area contributed by atoms with E-state index in [0.717, 1.165) is 30.1 Å². The van der Waals surface area contributed by atoms with Gasteiger partial charge in [0.1, 0.15) is 11.6 Å². The second kappa shape index (κ2) is 8.70. The largest absolute Gasteiger partial charge is 0.496 e. The fourth-order valence-corrected chi connectivity index (χ4v) is 4.94. The summed E-state index contributed by atoms with van der Waals surface area (Å²) < 4.78 is 7.95. The van der Waals surface area contributed by atoms with Gasteiger partial charge in [-0.25, -0.2) is 4.68 Å². The Hall–Kier alpha value is -3.27. The highest BCUT2D eigenvalue weighted by Gasteiger charge is 2.23. The average molecular weight is 428 g/mol. The zero-order valence-electron chi connectivity index (χ0n) is 20.3. The average Bonchev–Trinajstić information content (AvgIpc) is 3.11. The predicted molar refractivity (Wildman–Crippen MR) is 135 cm³/mol. The van der Waals surface area contributed by atoms with Crippen LogP contribution in [0, 0.1) is 20.8 Å². The van der Waals surface area contributed by atoms with E-state index in [1.807, 2.05) is 0 Å². The van der Waals surface area contributed by atoms with Gasteiger partial charge in [-0.05, 0) is 55.2 Å². The Kier molecular flexibility index (Phi) is 5.96. The molecule has 0 saturated carbocycles. The SMILES string of the molecule is CCc1nn(-c2c(C)cc(C)cc2C)c(N(C)C)c1Cc1c(OC)ccc2ccccc12. The number of rotatable bonds is 6. The molecular weight excluding hydrogens is 394 g/mol. The number of fused-ring (bicyclic) bond motifs is 1. The Morgan fingerprint density at radius 2 is 1.62 bits per heavy atom. The molecule has 0 aliphatic carbocycles. The number of nitrogens with zero attached hydrogens (tertiary/aromatic N) is 3. The lowest BCUT2D eigenvalue weighted by atomic mass is 9.96. The van der Waals surface area contributed by atoms with E-state index in [9.17, 15) is 0 Å². The first-order valence-corrected chi connectivity index (χ1v) is 11.3. The van der Waals surface area contributed by atoms with Gasteiger partial charge in [0.2, 0.25) is 0 Å². The molecule has 0 bridgehead atoms. The molecule has 0 N–H and O–H groups in total. The number of hydrogen-bond donors (Lipinski definition) is 0. The highest BCUT2D eigenvalue weighted by molar-refractivity contribution is 5.88. The van der Waals surface area contributed by atoms with E-state index in [-0.39, 0.29) is 0 Å². The quantitative estimate of drug-likeness (QED) is 0.368. The standard InChI is InChI=1S/C28H33N3O/c1-8-25-24(17-23-22-12-10-9-11-21(22)13-14-26(23)32-7)28(30(5)6)31(29-25)27-19(3)15-18(2)16-20(27)4/h9-16H,8,17H2,1-7H3. The van der Waals surface area contributed by atoms with Crippen molar-refractivity contribution in [1.29, 1.82) is 0 Å². The molecule has 0 aliphatic rings. The maximum atomic E-state index is 5.80. The third-order valence-electron chi connectivity index (χ3n) is 6.22. The first kappa shape index (κ1) is 21.9. The molecule has 0 spiro atoms. The van der Waals surface area contributed by atoms with Crippen LogP contribution in [0.3, 0.4) is 0 Å². The predicted octanol–water partition coefficient (Wildman–Crippen LogP) is 6.18. The summed E-state index contributed by atoms with van der Waals surface area (Å²) >= 11 is 0. The van der Waals surface area contributed by atoms with Crippen LogP contribution in [-0.4, -0.2) is 31.0 Å². The van der Waals surface area contributed by atoms with Gasteiger partial charge in [-0.15, -0.1) is 0 Å². The summed E-state index contributed by atoms with van der Waals surface area (Å²) in [7, 11) is 5.97. The van der Waals surface area contributed by atoms with E-state index in [4.69, 9.17) is 9.84 Å². The van der Waals surface area contributed by atoms with Gasteiger partial charge in [0.15, 0.2) is 0 Å². The van der Waals surface area contributed by atoms with E-state index < -0.39 is 0 Å². The van der Waals surface area contributed by atoms with Gasteiger partial charge in [-0.1, -0.05) is 55.0 Å². The molecule has 1 aromatic heterocycles. The molecule has 4 nitrogen and oxygen atoms in total. The third kappa shape index (κ3) is 3.75. The van der Waals surface area contributed by atoms with Crippen LogP contribution in [0.1, 0.15) is 40.4 Å². The van der Waals surface area contributed by atoms with Gasteiger partial charge in [-0.3, -0.25) is 0 Å². The second-order valence-electron chi connectivity index (χ2n) is 8.80. The van der Waals surface area contributed by atoms with E-state index in [2.05, 4.69) is 99.9 Å². The molecule has 4 aromatic rings. The van der Waals surface area contributed by atoms with Gasteiger partial charge < -0.3 is 9.64 Å². The molecule has 0 radical (unpaired) electrons. The molecule has 0 unspecified atom stereocenters. The smallest absolute Gasteiger partial charge is 0.135 e. The van der Waals surface area contributed by atoms with E-state index >= 15 is 0 Å². The summed E-state index contributed by atoms with van der Waals surface area (Å²) in [5.41, 5.74) is 8.52. The first-order chi connectivity index (χ1) is 15.3. The van der Waals surface area contributed by atoms with Crippen LogP contribution < -0.4 is 9.64 Å². The van der Waals surface area contributed by atoms with Crippen molar-refractivity contribution < 1.29 is 4.74 Å². The zero-order valence-corrected chi connectivity index (χ0v) is 20.3. The molecular formula is C28H33N3O. The summed E-state index contributed by atoms with van der Waals surface area (Å²) in [6.07, 6.45) is 1.64. The van der Waals surface area contributed by atoms with Crippen molar-refractivity contribution in [1.82, 2.24) is 9.78 Å². The van der Waals surface area contributed by atoms with Crippen molar-refractivity contribution in [3.8, 4) is 11.4 Å². The number of ether oxygens (including phenoxy) is 1. The number of benzene rings is 3. The molecule has 0 saturated heterocycles. The minimum Gasteiger partial charge on any atom is -0.496 e. The molecule has 4 rings (SSSR count). The molecule has 166 valence electrons. The number of hydrogen-bond acceptors (Lipinski definition) is 3. The lowest BCUT2D eigenvalue weighted by Gasteiger charge is -2.21. The fourth-order valence-electron chi connectivity index (χ4n) is 4.94. The Morgan fingerprint density at radius 3 is 2.25 bits per heavy atom. The highest BCUT2D eigenvalue weighted by Crippen LogP contribution is 2.36. The normalized spacial score (nSPS) is 11.2. The monoisotopic (exact) mass is 427 g/mol. The third-order valence-corrected chi connectivity index (χ3v) is 6.22. The second-order valence-corrected chi connectivity index (χ2v) is 8.80. The summed E-state index contributed by atoms with van der Waals surface area (Å²) in [6, 6.07) is 17.2. The van der Waals surface area contributed by atoms with Crippen molar-refractivity contribution in [3.63, 3.8) is 0 Å². The molecule has 0 amide bonds. The van der Waals surface area contributed by atoms with E-state index in [0.29, 0.717) is 0 Å². The van der Waals surface area contributed by atoms with Gasteiger partial charge in [0, 0.05) is 31.6 Å². The van der Waals surface area contributed by atoms with Gasteiger partial charge >= 0.3 is 0 Å². The lowest BCUT2D eigenvalue weighted by molar-refractivity contribution is 0.411. The van der Waals surface area contributed by atoms with Crippen LogP contribution in [-0.2, 0) is 12.8 Å². The van der Waals surface area contributed by atoms with E-state index in [1.165, 1.54) is 44.3 Å². The van der Waals surface area contributed by atoms with Crippen molar-refractivity contribution in [2.24, 2.45) is 0 Å². The minimum atomic E-state index is 0.769.